The Balaban J connectivity index is 1.83. The quantitative estimate of drug-likeness (QED) is 0.669. The van der Waals surface area contributed by atoms with Gasteiger partial charge in [0.1, 0.15) is 24.4 Å². The molecule has 2 heterocycles. The highest BCUT2D eigenvalue weighted by atomic mass is 32.2. The predicted molar refractivity (Wildman–Crippen MR) is 71.9 cm³/mol. The van der Waals surface area contributed by atoms with E-state index in [9.17, 15) is 18.6 Å². The zero-order chi connectivity index (χ0) is 15.2. The Hall–Kier alpha value is -1.03. The fraction of sp³-hybridized carbons (Fsp3) is 0.538. The van der Waals surface area contributed by atoms with Crippen LogP contribution in [0, 0.1) is 6.92 Å². The zero-order valence-corrected chi connectivity index (χ0v) is 12.2. The lowest BCUT2D eigenvalue weighted by Crippen LogP contribution is -2.60. The van der Waals surface area contributed by atoms with Gasteiger partial charge in [0.25, 0.3) is 0 Å². The summed E-state index contributed by atoms with van der Waals surface area (Å²) in [6.07, 6.45) is -3.98. The van der Waals surface area contributed by atoms with E-state index in [0.29, 0.717) is 0 Å². The van der Waals surface area contributed by atoms with Crippen molar-refractivity contribution < 1.29 is 28.1 Å². The lowest BCUT2D eigenvalue weighted by atomic mass is 10.00. The molecule has 3 rings (SSSR count). The maximum absolute atomic E-state index is 12.3. The molecular weight excluding hydrogens is 298 g/mol. The van der Waals surface area contributed by atoms with Gasteiger partial charge in [-0.05, 0) is 19.1 Å². The summed E-state index contributed by atoms with van der Waals surface area (Å²) in [4.78, 5) is 0.0786. The molecule has 5 atom stereocenters. The van der Waals surface area contributed by atoms with Gasteiger partial charge < -0.3 is 19.7 Å². The summed E-state index contributed by atoms with van der Waals surface area (Å²) in [5, 5.41) is 19.9. The molecule has 21 heavy (non-hydrogen) atoms. The molecule has 3 N–H and O–H groups in total. The Labute approximate surface area is 122 Å². The van der Waals surface area contributed by atoms with Gasteiger partial charge in [0.05, 0.1) is 11.5 Å². The topological polar surface area (TPSA) is 105 Å². The van der Waals surface area contributed by atoms with Gasteiger partial charge >= 0.3 is 0 Å². The summed E-state index contributed by atoms with van der Waals surface area (Å²) in [7, 11) is -3.84. The summed E-state index contributed by atoms with van der Waals surface area (Å²) in [5.41, 5.74) is 0.937. The van der Waals surface area contributed by atoms with Gasteiger partial charge in [-0.25, -0.2) is 13.1 Å². The third-order valence-corrected chi connectivity index (χ3v) is 5.22. The first-order chi connectivity index (χ1) is 9.88. The van der Waals surface area contributed by atoms with Crippen LogP contribution >= 0.6 is 0 Å². The van der Waals surface area contributed by atoms with E-state index >= 15 is 0 Å². The number of aliphatic hydroxyl groups excluding tert-OH is 2. The minimum absolute atomic E-state index is 0.0786. The number of hydrogen-bond acceptors (Lipinski definition) is 6. The fourth-order valence-electron chi connectivity index (χ4n) is 2.49. The van der Waals surface area contributed by atoms with Crippen molar-refractivity contribution in [1.82, 2.24) is 4.72 Å². The van der Waals surface area contributed by atoms with Crippen molar-refractivity contribution in [1.29, 1.82) is 0 Å². The van der Waals surface area contributed by atoms with Crippen LogP contribution in [-0.2, 0) is 19.5 Å². The lowest BCUT2D eigenvalue weighted by molar-refractivity contribution is -0.181. The van der Waals surface area contributed by atoms with Crippen LogP contribution in [0.25, 0.3) is 0 Å². The minimum Gasteiger partial charge on any atom is -0.388 e. The molecule has 116 valence electrons. The summed E-state index contributed by atoms with van der Waals surface area (Å²) >= 11 is 0. The van der Waals surface area contributed by atoms with E-state index in [1.165, 1.54) is 12.1 Å². The molecule has 7 nitrogen and oxygen atoms in total. The van der Waals surface area contributed by atoms with E-state index in [1.807, 2.05) is 6.92 Å². The Morgan fingerprint density at radius 1 is 1.19 bits per heavy atom. The molecule has 0 unspecified atom stereocenters. The molecule has 2 fully saturated rings. The van der Waals surface area contributed by atoms with Crippen molar-refractivity contribution in [2.45, 2.75) is 42.5 Å². The molecule has 1 aromatic rings. The Kier molecular flexibility index (Phi) is 3.76. The lowest BCUT2D eigenvalue weighted by Gasteiger charge is -2.35. The number of benzene rings is 1. The van der Waals surface area contributed by atoms with E-state index in [1.54, 1.807) is 12.1 Å². The first-order valence-electron chi connectivity index (χ1n) is 6.61. The second-order valence-corrected chi connectivity index (χ2v) is 7.03. The molecule has 2 bridgehead atoms. The van der Waals surface area contributed by atoms with Gasteiger partial charge in [0.2, 0.25) is 10.0 Å². The monoisotopic (exact) mass is 315 g/mol. The normalized spacial score (nSPS) is 35.9. The van der Waals surface area contributed by atoms with E-state index in [0.717, 1.165) is 5.56 Å². The molecule has 1 aromatic carbocycles. The Morgan fingerprint density at radius 2 is 1.86 bits per heavy atom. The van der Waals surface area contributed by atoms with Gasteiger partial charge in [-0.1, -0.05) is 17.7 Å². The van der Waals surface area contributed by atoms with E-state index < -0.39 is 40.7 Å². The molecular formula is C13H17NO6S. The largest absolute Gasteiger partial charge is 0.388 e. The molecule has 0 spiro atoms. The minimum atomic E-state index is -3.84. The average molecular weight is 315 g/mol. The highest BCUT2D eigenvalue weighted by Crippen LogP contribution is 2.29. The van der Waals surface area contributed by atoms with Crippen LogP contribution in [0.2, 0.25) is 0 Å². The molecule has 0 amide bonds. The number of fused-ring (bicyclic) bond motifs is 2. The first-order valence-corrected chi connectivity index (χ1v) is 8.09. The standard InChI is InChI=1S/C13H17NO6S/c1-7-2-4-8(5-3-7)21(17,18)14-10-12(16)11(15)9-6-19-13(10)20-9/h2-5,9-16H,6H2,1H3/t9-,10+,11-,12+,13-/m0/s1. The summed E-state index contributed by atoms with van der Waals surface area (Å²) < 4.78 is 37.6. The maximum atomic E-state index is 12.3. The van der Waals surface area contributed by atoms with Crippen molar-refractivity contribution in [2.75, 3.05) is 6.61 Å². The van der Waals surface area contributed by atoms with Crippen LogP contribution < -0.4 is 4.72 Å². The van der Waals surface area contributed by atoms with Crippen LogP contribution in [-0.4, -0.2) is 55.9 Å². The number of sulfonamides is 1. The molecule has 2 saturated heterocycles. The second kappa shape index (κ2) is 5.31. The Morgan fingerprint density at radius 3 is 2.52 bits per heavy atom. The molecule has 0 radical (unpaired) electrons. The van der Waals surface area contributed by atoms with E-state index in [4.69, 9.17) is 9.47 Å². The van der Waals surface area contributed by atoms with E-state index in [2.05, 4.69) is 4.72 Å². The van der Waals surface area contributed by atoms with Crippen molar-refractivity contribution in [2.24, 2.45) is 0 Å². The average Bonchev–Trinajstić information content (AvgIpc) is 2.89. The van der Waals surface area contributed by atoms with Crippen molar-refractivity contribution in [3.05, 3.63) is 29.8 Å². The number of nitrogens with one attached hydrogen (secondary N) is 1. The molecule has 0 saturated carbocycles. The van der Waals surface area contributed by atoms with Gasteiger partial charge in [0.15, 0.2) is 6.29 Å². The third-order valence-electron chi connectivity index (χ3n) is 3.75. The van der Waals surface area contributed by atoms with Crippen LogP contribution in [0.4, 0.5) is 0 Å². The fourth-order valence-corrected chi connectivity index (χ4v) is 3.73. The number of ether oxygens (including phenoxy) is 2. The van der Waals surface area contributed by atoms with Gasteiger partial charge in [-0.3, -0.25) is 0 Å². The van der Waals surface area contributed by atoms with Crippen molar-refractivity contribution in [3.63, 3.8) is 0 Å². The smallest absolute Gasteiger partial charge is 0.241 e. The van der Waals surface area contributed by atoms with Crippen LogP contribution in [0.3, 0.4) is 0 Å². The van der Waals surface area contributed by atoms with Crippen molar-refractivity contribution in [3.8, 4) is 0 Å². The van der Waals surface area contributed by atoms with Crippen LogP contribution in [0.1, 0.15) is 5.56 Å². The number of hydrogen-bond donors (Lipinski definition) is 3. The Bertz CT molecular complexity index is 616. The summed E-state index contributed by atoms with van der Waals surface area (Å²) in [5.74, 6) is 0. The zero-order valence-electron chi connectivity index (χ0n) is 11.3. The summed E-state index contributed by atoms with van der Waals surface area (Å²) in [6.45, 7) is 1.98. The number of aryl methyl sites for hydroxylation is 1. The molecule has 0 aliphatic carbocycles. The summed E-state index contributed by atoms with van der Waals surface area (Å²) in [6, 6.07) is 5.26. The molecule has 2 aliphatic rings. The second-order valence-electron chi connectivity index (χ2n) is 5.32. The van der Waals surface area contributed by atoms with E-state index in [-0.39, 0.29) is 11.5 Å². The molecule has 0 aromatic heterocycles. The molecule has 8 heteroatoms. The highest BCUT2D eigenvalue weighted by molar-refractivity contribution is 7.89. The third kappa shape index (κ3) is 2.70. The van der Waals surface area contributed by atoms with Crippen LogP contribution in [0.15, 0.2) is 29.2 Å². The maximum Gasteiger partial charge on any atom is 0.241 e. The highest BCUT2D eigenvalue weighted by Gasteiger charge is 2.50. The van der Waals surface area contributed by atoms with Gasteiger partial charge in [-0.15, -0.1) is 0 Å². The predicted octanol–water partition coefficient (Wildman–Crippen LogP) is -0.881. The van der Waals surface area contributed by atoms with Gasteiger partial charge in [-0.2, -0.15) is 0 Å². The number of aliphatic hydroxyl groups is 2. The SMILES string of the molecule is Cc1ccc(S(=O)(=O)N[C@H]2[C@H]3OC[C@H](O3)[C@H](O)[C@@H]2O)cc1. The van der Waals surface area contributed by atoms with Crippen molar-refractivity contribution >= 4 is 10.0 Å². The van der Waals surface area contributed by atoms with Crippen LogP contribution in [0.5, 0.6) is 0 Å². The molecule has 2 aliphatic heterocycles. The van der Waals surface area contributed by atoms with Gasteiger partial charge in [0, 0.05) is 0 Å². The first kappa shape index (κ1) is 14.9. The number of rotatable bonds is 3.